The third kappa shape index (κ3) is 5.27. The molecule has 3 rings (SSSR count). The Morgan fingerprint density at radius 2 is 1.45 bits per heavy atom. The van der Waals surface area contributed by atoms with E-state index in [2.05, 4.69) is 0 Å². The van der Waals surface area contributed by atoms with Gasteiger partial charge in [0.15, 0.2) is 9.84 Å². The zero-order valence-electron chi connectivity index (χ0n) is 16.9. The number of piperidine rings is 1. The van der Waals surface area contributed by atoms with Gasteiger partial charge in [-0.3, -0.25) is 9.59 Å². The van der Waals surface area contributed by atoms with Gasteiger partial charge in [-0.15, -0.1) is 0 Å². The summed E-state index contributed by atoms with van der Waals surface area (Å²) in [5.74, 6) is -2.61. The van der Waals surface area contributed by atoms with E-state index in [1.165, 1.54) is 0 Å². The maximum atomic E-state index is 13.3. The lowest BCUT2D eigenvalue weighted by Gasteiger charge is -2.32. The smallest absolute Gasteiger partial charge is 0.318 e. The largest absolute Gasteiger partial charge is 0.480 e. The summed E-state index contributed by atoms with van der Waals surface area (Å²) in [6.07, 6.45) is 1.40. The van der Waals surface area contributed by atoms with Gasteiger partial charge in [0.2, 0.25) is 0 Å². The summed E-state index contributed by atoms with van der Waals surface area (Å²) in [5, 5.41) is 16.0. The van der Waals surface area contributed by atoms with Crippen LogP contribution in [0.4, 0.5) is 0 Å². The fourth-order valence-electron chi connectivity index (χ4n) is 3.81. The van der Waals surface area contributed by atoms with Crippen molar-refractivity contribution in [3.8, 4) is 0 Å². The number of likely N-dealkylation sites (tertiary alicyclic amines) is 1. The number of nitrogens with zero attached hydrogens (tertiary/aromatic N) is 1. The first-order chi connectivity index (χ1) is 14.8. The lowest BCUT2D eigenvalue weighted by atomic mass is 9.92. The molecule has 31 heavy (non-hydrogen) atoms. The van der Waals surface area contributed by atoms with Gasteiger partial charge < -0.3 is 15.4 Å². The molecule has 0 atom stereocenters. The molecule has 1 heterocycles. The Morgan fingerprint density at radius 1 is 0.968 bits per heavy atom. The molecule has 2 aromatic carbocycles. The molecule has 0 spiro atoms. The number of hydrogen-bond donors (Lipinski definition) is 2. The van der Waals surface area contributed by atoms with Gasteiger partial charge in [-0.2, -0.15) is 0 Å². The summed E-state index contributed by atoms with van der Waals surface area (Å²) >= 11 is 0. The number of hydrogen-bond acceptors (Lipinski definition) is 5. The molecule has 0 saturated carbocycles. The highest BCUT2D eigenvalue weighted by Gasteiger charge is 2.34. The lowest BCUT2D eigenvalue weighted by molar-refractivity contribution is -0.134. The third-order valence-electron chi connectivity index (χ3n) is 5.33. The van der Waals surface area contributed by atoms with Crippen molar-refractivity contribution in [1.29, 1.82) is 5.41 Å². The number of rotatable bonds is 7. The first-order valence-corrected chi connectivity index (χ1v) is 11.6. The van der Waals surface area contributed by atoms with E-state index in [1.54, 1.807) is 4.90 Å². The maximum Gasteiger partial charge on any atom is 0.318 e. The molecule has 162 valence electrons. The molecule has 2 N–H and O–H groups in total. The van der Waals surface area contributed by atoms with E-state index in [0.717, 1.165) is 17.3 Å². The van der Waals surface area contributed by atoms with Gasteiger partial charge in [-0.1, -0.05) is 60.7 Å². The number of benzene rings is 2. The van der Waals surface area contributed by atoms with E-state index in [9.17, 15) is 18.0 Å². The van der Waals surface area contributed by atoms with Crippen molar-refractivity contribution in [2.24, 2.45) is 0 Å². The fourth-order valence-corrected chi connectivity index (χ4v) is 5.32. The minimum Gasteiger partial charge on any atom is -0.480 e. The van der Waals surface area contributed by atoms with Gasteiger partial charge in [0.25, 0.3) is 5.91 Å². The molecular weight excluding hydrogens is 416 g/mol. The number of aliphatic carboxylic acids is 1. The van der Waals surface area contributed by atoms with Crippen LogP contribution in [-0.2, 0) is 19.4 Å². The van der Waals surface area contributed by atoms with Crippen LogP contribution in [0.25, 0.3) is 5.57 Å². The van der Waals surface area contributed by atoms with E-state index in [4.69, 9.17) is 10.5 Å². The lowest BCUT2D eigenvalue weighted by Crippen LogP contribution is -2.44. The summed E-state index contributed by atoms with van der Waals surface area (Å²) in [6, 6.07) is 18.7. The summed E-state index contributed by atoms with van der Waals surface area (Å²) in [4.78, 5) is 25.7. The molecule has 0 radical (unpaired) electrons. The highest BCUT2D eigenvalue weighted by molar-refractivity contribution is 7.92. The SMILES string of the molecule is N=CC(C(=O)N1CCC(S(=O)(=O)CC(=O)O)CC1)=C(c1ccccc1)c1ccccc1. The molecular formula is C23H24N2O5S. The Labute approximate surface area is 181 Å². The van der Waals surface area contributed by atoms with Gasteiger partial charge in [0, 0.05) is 24.9 Å². The molecule has 0 unspecified atom stereocenters. The van der Waals surface area contributed by atoms with Crippen LogP contribution in [0, 0.1) is 5.41 Å². The van der Waals surface area contributed by atoms with E-state index >= 15 is 0 Å². The van der Waals surface area contributed by atoms with Crippen molar-refractivity contribution < 1.29 is 23.1 Å². The highest BCUT2D eigenvalue weighted by Crippen LogP contribution is 2.28. The molecule has 1 fully saturated rings. The van der Waals surface area contributed by atoms with Crippen LogP contribution >= 0.6 is 0 Å². The number of carbonyl (C=O) groups excluding carboxylic acids is 1. The second kappa shape index (κ2) is 9.70. The normalized spacial score (nSPS) is 14.6. The average molecular weight is 441 g/mol. The van der Waals surface area contributed by atoms with Gasteiger partial charge in [0.05, 0.1) is 10.8 Å². The van der Waals surface area contributed by atoms with Crippen LogP contribution in [0.15, 0.2) is 66.2 Å². The van der Waals surface area contributed by atoms with Crippen molar-refractivity contribution >= 4 is 33.5 Å². The molecule has 1 saturated heterocycles. The fraction of sp³-hybridized carbons (Fsp3) is 0.261. The monoisotopic (exact) mass is 440 g/mol. The van der Waals surface area contributed by atoms with Crippen molar-refractivity contribution in [3.05, 3.63) is 77.4 Å². The molecule has 0 bridgehead atoms. The molecule has 1 amide bonds. The van der Waals surface area contributed by atoms with Crippen LogP contribution in [0.1, 0.15) is 24.0 Å². The zero-order valence-corrected chi connectivity index (χ0v) is 17.7. The van der Waals surface area contributed by atoms with Crippen molar-refractivity contribution in [1.82, 2.24) is 4.90 Å². The molecule has 0 aliphatic carbocycles. The summed E-state index contributed by atoms with van der Waals surface area (Å²) in [5.41, 5.74) is 2.48. The molecule has 2 aromatic rings. The van der Waals surface area contributed by atoms with E-state index < -0.39 is 26.8 Å². The van der Waals surface area contributed by atoms with Crippen LogP contribution in [0.5, 0.6) is 0 Å². The number of carboxylic acid groups (broad SMARTS) is 1. The topological polar surface area (TPSA) is 116 Å². The molecule has 8 heteroatoms. The minimum absolute atomic E-state index is 0.179. The zero-order chi connectivity index (χ0) is 22.4. The molecule has 1 aliphatic heterocycles. The maximum absolute atomic E-state index is 13.3. The van der Waals surface area contributed by atoms with Crippen LogP contribution in [0.3, 0.4) is 0 Å². The molecule has 7 nitrogen and oxygen atoms in total. The Kier molecular flexibility index (Phi) is 7.02. The second-order valence-corrected chi connectivity index (χ2v) is 9.64. The molecule has 0 aromatic heterocycles. The van der Waals surface area contributed by atoms with Gasteiger partial charge in [-0.05, 0) is 24.0 Å². The average Bonchev–Trinajstić information content (AvgIpc) is 2.77. The van der Waals surface area contributed by atoms with Crippen LogP contribution < -0.4 is 0 Å². The standard InChI is InChI=1S/C23H24N2O5S/c24-15-20(22(17-7-3-1-4-8-17)18-9-5-2-6-10-18)23(28)25-13-11-19(12-14-25)31(29,30)16-21(26)27/h1-10,15,19,24H,11-14,16H2,(H,26,27). The van der Waals surface area contributed by atoms with Crippen molar-refractivity contribution in [3.63, 3.8) is 0 Å². The van der Waals surface area contributed by atoms with Crippen LogP contribution in [-0.4, -0.2) is 60.6 Å². The Morgan fingerprint density at radius 3 is 1.87 bits per heavy atom. The summed E-state index contributed by atoms with van der Waals surface area (Å²) in [6.45, 7) is 0.382. The Balaban J connectivity index is 1.90. The number of carbonyl (C=O) groups is 2. The second-order valence-electron chi connectivity index (χ2n) is 7.36. The summed E-state index contributed by atoms with van der Waals surface area (Å²) < 4.78 is 24.4. The first kappa shape index (κ1) is 22.4. The van der Waals surface area contributed by atoms with Gasteiger partial charge in [-0.25, -0.2) is 8.42 Å². The Bertz CT molecular complexity index is 1050. The highest BCUT2D eigenvalue weighted by atomic mass is 32.2. The van der Waals surface area contributed by atoms with Crippen molar-refractivity contribution in [2.75, 3.05) is 18.8 Å². The van der Waals surface area contributed by atoms with E-state index in [0.29, 0.717) is 5.57 Å². The number of carboxylic acids is 1. The first-order valence-electron chi connectivity index (χ1n) is 9.91. The van der Waals surface area contributed by atoms with Crippen molar-refractivity contribution in [2.45, 2.75) is 18.1 Å². The summed E-state index contributed by atoms with van der Waals surface area (Å²) in [7, 11) is -3.75. The predicted octanol–water partition coefficient (Wildman–Crippen LogP) is 2.63. The Hall–Kier alpha value is -3.26. The van der Waals surface area contributed by atoms with Crippen LogP contribution in [0.2, 0.25) is 0 Å². The number of amides is 1. The van der Waals surface area contributed by atoms with Gasteiger partial charge >= 0.3 is 5.97 Å². The minimum atomic E-state index is -3.75. The van der Waals surface area contributed by atoms with Gasteiger partial charge in [0.1, 0.15) is 5.75 Å². The number of nitrogens with one attached hydrogen (secondary N) is 1. The predicted molar refractivity (Wildman–Crippen MR) is 119 cm³/mol. The molecule has 1 aliphatic rings. The quantitative estimate of drug-likeness (QED) is 0.507. The van der Waals surface area contributed by atoms with E-state index in [-0.39, 0.29) is 37.4 Å². The third-order valence-corrected chi connectivity index (χ3v) is 7.47. The number of sulfone groups is 1. The van der Waals surface area contributed by atoms with E-state index in [1.807, 2.05) is 60.7 Å².